The molecule has 0 atom stereocenters. The van der Waals surface area contributed by atoms with Crippen LogP contribution in [0, 0.1) is 0 Å². The van der Waals surface area contributed by atoms with E-state index in [4.69, 9.17) is 16.3 Å². The van der Waals surface area contributed by atoms with Crippen molar-refractivity contribution in [1.82, 2.24) is 0 Å². The van der Waals surface area contributed by atoms with E-state index >= 15 is 0 Å². The van der Waals surface area contributed by atoms with Crippen molar-refractivity contribution in [3.05, 3.63) is 60.2 Å². The van der Waals surface area contributed by atoms with Crippen LogP contribution in [0.25, 0.3) is 0 Å². The Morgan fingerprint density at radius 3 is 2.45 bits per heavy atom. The summed E-state index contributed by atoms with van der Waals surface area (Å²) < 4.78 is 5.16. The molecule has 2 aromatic carbocycles. The van der Waals surface area contributed by atoms with Crippen LogP contribution in [0.1, 0.15) is 10.4 Å². The number of carbonyl (C=O) groups is 1. The lowest BCUT2D eigenvalue weighted by atomic mass is 10.1. The van der Waals surface area contributed by atoms with Crippen LogP contribution in [0.15, 0.2) is 59.7 Å². The highest BCUT2D eigenvalue weighted by atomic mass is 35.5. The van der Waals surface area contributed by atoms with E-state index in [9.17, 15) is 4.79 Å². The van der Waals surface area contributed by atoms with E-state index in [-0.39, 0.29) is 11.0 Å². The number of rotatable bonds is 5. The van der Waals surface area contributed by atoms with Gasteiger partial charge in [0.2, 0.25) is 5.78 Å². The van der Waals surface area contributed by atoms with Gasteiger partial charge in [0.15, 0.2) is 5.17 Å². The summed E-state index contributed by atoms with van der Waals surface area (Å²) >= 11 is 5.91. The molecule has 0 bridgehead atoms. The van der Waals surface area contributed by atoms with E-state index in [0.29, 0.717) is 17.0 Å². The summed E-state index contributed by atoms with van der Waals surface area (Å²) in [6.07, 6.45) is 0. The molecule has 0 unspecified atom stereocenters. The first-order valence-electron chi connectivity index (χ1n) is 5.94. The van der Waals surface area contributed by atoms with Crippen LogP contribution in [0.4, 0.5) is 5.69 Å². The molecular weight excluding hydrogens is 276 g/mol. The van der Waals surface area contributed by atoms with Crippen molar-refractivity contribution < 1.29 is 9.53 Å². The van der Waals surface area contributed by atoms with Crippen molar-refractivity contribution >= 4 is 28.2 Å². The minimum atomic E-state index is -0.338. The quantitative estimate of drug-likeness (QED) is 0.520. The first-order chi connectivity index (χ1) is 9.72. The second-order valence-corrected chi connectivity index (χ2v) is 4.27. The van der Waals surface area contributed by atoms with Crippen LogP contribution in [0.2, 0.25) is 0 Å². The normalized spacial score (nSPS) is 11.0. The van der Waals surface area contributed by atoms with Gasteiger partial charge in [0, 0.05) is 5.56 Å². The van der Waals surface area contributed by atoms with E-state index in [1.54, 1.807) is 43.5 Å². The van der Waals surface area contributed by atoms with E-state index in [0.717, 1.165) is 0 Å². The number of nitrogens with zero attached hydrogens (tertiary/aromatic N) is 1. The van der Waals surface area contributed by atoms with Gasteiger partial charge >= 0.3 is 0 Å². The van der Waals surface area contributed by atoms with E-state index in [1.807, 2.05) is 18.2 Å². The molecular formula is C15H13ClN2O2. The summed E-state index contributed by atoms with van der Waals surface area (Å²) in [5, 5.41) is 3.74. The van der Waals surface area contributed by atoms with Gasteiger partial charge in [-0.2, -0.15) is 5.10 Å². The van der Waals surface area contributed by atoms with Crippen molar-refractivity contribution in [2.24, 2.45) is 5.10 Å². The van der Waals surface area contributed by atoms with Crippen LogP contribution < -0.4 is 10.2 Å². The van der Waals surface area contributed by atoms with Crippen molar-refractivity contribution in [3.8, 4) is 5.75 Å². The molecule has 1 N–H and O–H groups in total. The molecule has 0 aromatic heterocycles. The molecule has 0 aliphatic carbocycles. The Balaban J connectivity index is 2.13. The predicted molar refractivity (Wildman–Crippen MR) is 80.7 cm³/mol. The van der Waals surface area contributed by atoms with E-state index in [2.05, 4.69) is 10.5 Å². The molecule has 20 heavy (non-hydrogen) atoms. The van der Waals surface area contributed by atoms with Crippen molar-refractivity contribution in [3.63, 3.8) is 0 Å². The maximum absolute atomic E-state index is 12.0. The number of hydrogen-bond donors (Lipinski definition) is 1. The van der Waals surface area contributed by atoms with Crippen LogP contribution >= 0.6 is 11.6 Å². The number of methoxy groups -OCH3 is 1. The summed E-state index contributed by atoms with van der Waals surface area (Å²) in [5.41, 5.74) is 3.85. The summed E-state index contributed by atoms with van der Waals surface area (Å²) in [7, 11) is 1.56. The highest BCUT2D eigenvalue weighted by Crippen LogP contribution is 2.23. The van der Waals surface area contributed by atoms with Crippen LogP contribution in [-0.2, 0) is 0 Å². The van der Waals surface area contributed by atoms with E-state index < -0.39 is 0 Å². The summed E-state index contributed by atoms with van der Waals surface area (Å²) in [4.78, 5) is 12.0. The molecule has 0 aliphatic rings. The minimum Gasteiger partial charge on any atom is -0.495 e. The molecule has 2 rings (SSSR count). The molecule has 102 valence electrons. The smallest absolute Gasteiger partial charge is 0.224 e. The average molecular weight is 289 g/mol. The fourth-order valence-corrected chi connectivity index (χ4v) is 1.76. The number of hydrazone groups is 1. The molecule has 2 aromatic rings. The molecule has 4 nitrogen and oxygen atoms in total. The number of carbonyl (C=O) groups excluding carboxylic acids is 1. The van der Waals surface area contributed by atoms with E-state index in [1.165, 1.54) is 0 Å². The topological polar surface area (TPSA) is 50.7 Å². The second kappa shape index (κ2) is 6.73. The number of anilines is 1. The zero-order valence-corrected chi connectivity index (χ0v) is 11.6. The molecule has 0 spiro atoms. The summed E-state index contributed by atoms with van der Waals surface area (Å²) in [6, 6.07) is 16.0. The summed E-state index contributed by atoms with van der Waals surface area (Å²) in [5.74, 6) is 0.280. The number of ether oxygens (including phenoxy) is 1. The number of Topliss-reactive ketones (excluding diaryl/α,β-unsaturated/α-hetero) is 1. The Kier molecular flexibility index (Phi) is 4.74. The average Bonchev–Trinajstić information content (AvgIpc) is 2.53. The predicted octanol–water partition coefficient (Wildman–Crippen LogP) is 3.54. The lowest BCUT2D eigenvalue weighted by Gasteiger charge is -2.07. The zero-order valence-electron chi connectivity index (χ0n) is 10.8. The molecule has 0 saturated heterocycles. The number of halogens is 1. The van der Waals surface area contributed by atoms with Gasteiger partial charge in [-0.3, -0.25) is 10.2 Å². The van der Waals surface area contributed by atoms with Gasteiger partial charge in [-0.15, -0.1) is 0 Å². The molecule has 0 fully saturated rings. The maximum Gasteiger partial charge on any atom is 0.224 e. The number of benzene rings is 2. The van der Waals surface area contributed by atoms with Gasteiger partial charge in [0.25, 0.3) is 0 Å². The Morgan fingerprint density at radius 1 is 1.10 bits per heavy atom. The van der Waals surface area contributed by atoms with Gasteiger partial charge < -0.3 is 4.74 Å². The van der Waals surface area contributed by atoms with Gasteiger partial charge in [-0.05, 0) is 12.1 Å². The number of nitrogens with one attached hydrogen (secondary N) is 1. The monoisotopic (exact) mass is 288 g/mol. The first-order valence-corrected chi connectivity index (χ1v) is 6.32. The molecule has 0 amide bonds. The van der Waals surface area contributed by atoms with Crippen LogP contribution in [-0.4, -0.2) is 18.1 Å². The highest BCUT2D eigenvalue weighted by Gasteiger charge is 2.11. The Bertz CT molecular complexity index is 627. The lowest BCUT2D eigenvalue weighted by molar-refractivity contribution is 0.106. The fraction of sp³-hybridized carbons (Fsp3) is 0.0667. The largest absolute Gasteiger partial charge is 0.495 e. The van der Waals surface area contributed by atoms with Crippen molar-refractivity contribution in [1.29, 1.82) is 0 Å². The van der Waals surface area contributed by atoms with Crippen molar-refractivity contribution in [2.75, 3.05) is 12.5 Å². The molecule has 0 saturated carbocycles. The first kappa shape index (κ1) is 14.1. The standard InChI is InChI=1S/C15H13ClN2O2/c1-20-13-10-6-5-9-12(13)17-18-15(16)14(19)11-7-3-2-4-8-11/h2-10,17H,1H3/b18-15+. The SMILES string of the molecule is COc1ccccc1N/N=C(/Cl)C(=O)c1ccccc1. The van der Waals surface area contributed by atoms with Gasteiger partial charge in [0.1, 0.15) is 5.75 Å². The number of hydrogen-bond acceptors (Lipinski definition) is 4. The molecule has 0 aliphatic heterocycles. The van der Waals surface area contributed by atoms with Gasteiger partial charge in [-0.1, -0.05) is 54.1 Å². The Morgan fingerprint density at radius 2 is 1.75 bits per heavy atom. The lowest BCUT2D eigenvalue weighted by Crippen LogP contribution is -2.10. The molecule has 0 heterocycles. The molecule has 0 radical (unpaired) electrons. The number of para-hydroxylation sites is 2. The van der Waals surface area contributed by atoms with Crippen LogP contribution in [0.3, 0.4) is 0 Å². The van der Waals surface area contributed by atoms with Crippen molar-refractivity contribution in [2.45, 2.75) is 0 Å². The third-order valence-corrected chi connectivity index (χ3v) is 2.86. The maximum atomic E-state index is 12.0. The fourth-order valence-electron chi connectivity index (χ4n) is 1.61. The highest BCUT2D eigenvalue weighted by molar-refractivity contribution is 6.85. The third kappa shape index (κ3) is 3.36. The third-order valence-electron chi connectivity index (χ3n) is 2.60. The molecule has 5 heteroatoms. The van der Waals surface area contributed by atoms with Crippen LogP contribution in [0.5, 0.6) is 5.75 Å². The van der Waals surface area contributed by atoms with Gasteiger partial charge in [0.05, 0.1) is 12.8 Å². The second-order valence-electron chi connectivity index (χ2n) is 3.91. The minimum absolute atomic E-state index is 0.137. The Labute approximate surface area is 122 Å². The summed E-state index contributed by atoms with van der Waals surface area (Å²) in [6.45, 7) is 0. The Hall–Kier alpha value is -2.33. The zero-order chi connectivity index (χ0) is 14.4. The van der Waals surface area contributed by atoms with Gasteiger partial charge in [-0.25, -0.2) is 0 Å². The number of ketones is 1.